The SMILES string of the molecule is OCc1nn(Cc2cnccn2)c2cc3c(cc12)OCO3. The van der Waals surface area contributed by atoms with Crippen molar-refractivity contribution in [1.29, 1.82) is 0 Å². The van der Waals surface area contributed by atoms with Gasteiger partial charge >= 0.3 is 0 Å². The third kappa shape index (κ3) is 1.98. The first-order valence-electron chi connectivity index (χ1n) is 6.50. The molecule has 1 N–H and O–H groups in total. The highest BCUT2D eigenvalue weighted by molar-refractivity contribution is 5.86. The molecule has 0 atom stereocenters. The Kier molecular flexibility index (Phi) is 2.71. The average molecular weight is 284 g/mol. The summed E-state index contributed by atoms with van der Waals surface area (Å²) in [6.45, 7) is 0.557. The van der Waals surface area contributed by atoms with Crippen molar-refractivity contribution in [3.05, 3.63) is 42.1 Å². The Morgan fingerprint density at radius 3 is 2.81 bits per heavy atom. The van der Waals surface area contributed by atoms with E-state index in [1.165, 1.54) is 0 Å². The van der Waals surface area contributed by atoms with Gasteiger partial charge < -0.3 is 14.6 Å². The minimum atomic E-state index is -0.135. The molecule has 0 fully saturated rings. The van der Waals surface area contributed by atoms with Gasteiger partial charge in [-0.1, -0.05) is 0 Å². The maximum atomic E-state index is 9.49. The van der Waals surface area contributed by atoms with Gasteiger partial charge in [-0.05, 0) is 6.07 Å². The molecule has 21 heavy (non-hydrogen) atoms. The van der Waals surface area contributed by atoms with Gasteiger partial charge in [-0.15, -0.1) is 0 Å². The molecule has 4 rings (SSSR count). The molecule has 0 saturated carbocycles. The first-order valence-corrected chi connectivity index (χ1v) is 6.50. The normalized spacial score (nSPS) is 13.0. The molecule has 0 radical (unpaired) electrons. The summed E-state index contributed by atoms with van der Waals surface area (Å²) in [6, 6.07) is 3.73. The minimum absolute atomic E-state index is 0.135. The third-order valence-corrected chi connectivity index (χ3v) is 3.40. The molecule has 0 saturated heterocycles. The number of benzene rings is 1. The lowest BCUT2D eigenvalue weighted by molar-refractivity contribution is 0.174. The molecule has 0 unspecified atom stereocenters. The Morgan fingerprint density at radius 2 is 2.05 bits per heavy atom. The van der Waals surface area contributed by atoms with Gasteiger partial charge in [-0.3, -0.25) is 14.6 Å². The quantitative estimate of drug-likeness (QED) is 0.775. The highest BCUT2D eigenvalue weighted by Gasteiger charge is 2.19. The van der Waals surface area contributed by atoms with E-state index in [2.05, 4.69) is 15.1 Å². The molecular formula is C14H12N4O3. The summed E-state index contributed by atoms with van der Waals surface area (Å²) in [7, 11) is 0. The Morgan fingerprint density at radius 1 is 1.19 bits per heavy atom. The first kappa shape index (κ1) is 12.1. The van der Waals surface area contributed by atoms with Gasteiger partial charge in [0.1, 0.15) is 0 Å². The number of rotatable bonds is 3. The Bertz CT molecular complexity index is 801. The second-order valence-corrected chi connectivity index (χ2v) is 4.68. The molecule has 7 nitrogen and oxygen atoms in total. The zero-order valence-electron chi connectivity index (χ0n) is 11.1. The monoisotopic (exact) mass is 284 g/mol. The van der Waals surface area contributed by atoms with Crippen molar-refractivity contribution in [2.24, 2.45) is 0 Å². The van der Waals surface area contributed by atoms with E-state index in [1.807, 2.05) is 12.1 Å². The standard InChI is InChI=1S/C14H12N4O3/c19-7-11-10-3-13-14(21-8-20-13)4-12(10)18(17-11)6-9-5-15-1-2-16-9/h1-5,19H,6-8H2. The lowest BCUT2D eigenvalue weighted by atomic mass is 10.2. The van der Waals surface area contributed by atoms with Crippen molar-refractivity contribution in [1.82, 2.24) is 19.7 Å². The Labute approximate surface area is 119 Å². The van der Waals surface area contributed by atoms with Crippen molar-refractivity contribution in [3.8, 4) is 11.5 Å². The first-order chi connectivity index (χ1) is 10.3. The van der Waals surface area contributed by atoms with Crippen LogP contribution in [0, 0.1) is 0 Å². The van der Waals surface area contributed by atoms with Gasteiger partial charge in [-0.2, -0.15) is 5.10 Å². The van der Waals surface area contributed by atoms with Gasteiger partial charge in [0.2, 0.25) is 6.79 Å². The Hall–Kier alpha value is -2.67. The third-order valence-electron chi connectivity index (χ3n) is 3.40. The van der Waals surface area contributed by atoms with Gasteiger partial charge in [0, 0.05) is 23.8 Å². The van der Waals surface area contributed by atoms with Crippen LogP contribution in [0.4, 0.5) is 0 Å². The highest BCUT2D eigenvalue weighted by atomic mass is 16.7. The fourth-order valence-electron chi connectivity index (χ4n) is 2.43. The predicted molar refractivity (Wildman–Crippen MR) is 72.9 cm³/mol. The number of ether oxygens (including phenoxy) is 2. The van der Waals surface area contributed by atoms with E-state index in [-0.39, 0.29) is 13.4 Å². The van der Waals surface area contributed by atoms with Crippen molar-refractivity contribution < 1.29 is 14.6 Å². The molecule has 106 valence electrons. The van der Waals surface area contributed by atoms with Crippen LogP contribution in [-0.4, -0.2) is 31.6 Å². The summed E-state index contributed by atoms with van der Waals surface area (Å²) >= 11 is 0. The second-order valence-electron chi connectivity index (χ2n) is 4.68. The van der Waals surface area contributed by atoms with Crippen LogP contribution in [0.5, 0.6) is 11.5 Å². The summed E-state index contributed by atoms with van der Waals surface area (Å²) in [5.74, 6) is 1.36. The van der Waals surface area contributed by atoms with E-state index in [0.29, 0.717) is 23.7 Å². The van der Waals surface area contributed by atoms with Crippen LogP contribution in [0.3, 0.4) is 0 Å². The molecule has 0 amide bonds. The number of hydrogen-bond donors (Lipinski definition) is 1. The average Bonchev–Trinajstić information content (AvgIpc) is 3.11. The lowest BCUT2D eigenvalue weighted by Gasteiger charge is -2.03. The fourth-order valence-corrected chi connectivity index (χ4v) is 2.43. The molecule has 3 heterocycles. The maximum absolute atomic E-state index is 9.49. The van der Waals surface area contributed by atoms with Crippen molar-refractivity contribution in [2.75, 3.05) is 6.79 Å². The molecule has 0 spiro atoms. The zero-order valence-corrected chi connectivity index (χ0v) is 11.1. The van der Waals surface area contributed by atoms with Crippen molar-refractivity contribution >= 4 is 10.9 Å². The van der Waals surface area contributed by atoms with Crippen LogP contribution >= 0.6 is 0 Å². The van der Waals surface area contributed by atoms with Crippen molar-refractivity contribution in [3.63, 3.8) is 0 Å². The van der Waals surface area contributed by atoms with Crippen LogP contribution in [0.15, 0.2) is 30.7 Å². The molecule has 1 aliphatic rings. The molecule has 1 aromatic carbocycles. The van der Waals surface area contributed by atoms with Gasteiger partial charge in [-0.25, -0.2) is 0 Å². The van der Waals surface area contributed by atoms with Gasteiger partial charge in [0.15, 0.2) is 11.5 Å². The van der Waals surface area contributed by atoms with Gasteiger partial charge in [0.05, 0.1) is 36.3 Å². The molecule has 2 aromatic heterocycles. The topological polar surface area (TPSA) is 82.3 Å². The molecule has 1 aliphatic heterocycles. The summed E-state index contributed by atoms with van der Waals surface area (Å²) in [5, 5.41) is 14.8. The van der Waals surface area contributed by atoms with Crippen LogP contribution < -0.4 is 9.47 Å². The molecular weight excluding hydrogens is 272 g/mol. The molecule has 0 aliphatic carbocycles. The summed E-state index contributed by atoms with van der Waals surface area (Å²) in [4.78, 5) is 8.29. The predicted octanol–water partition coefficient (Wildman–Crippen LogP) is 1.10. The van der Waals surface area contributed by atoms with E-state index in [9.17, 15) is 5.11 Å². The van der Waals surface area contributed by atoms with Crippen LogP contribution in [-0.2, 0) is 13.2 Å². The van der Waals surface area contributed by atoms with E-state index in [0.717, 1.165) is 16.6 Å². The van der Waals surface area contributed by atoms with Gasteiger partial charge in [0.25, 0.3) is 0 Å². The summed E-state index contributed by atoms with van der Waals surface area (Å²) in [5.41, 5.74) is 2.27. The minimum Gasteiger partial charge on any atom is -0.454 e. The molecule has 7 heteroatoms. The van der Waals surface area contributed by atoms with E-state index >= 15 is 0 Å². The largest absolute Gasteiger partial charge is 0.454 e. The Balaban J connectivity index is 1.85. The smallest absolute Gasteiger partial charge is 0.231 e. The second kappa shape index (κ2) is 4.71. The van der Waals surface area contributed by atoms with Crippen LogP contribution in [0.2, 0.25) is 0 Å². The summed E-state index contributed by atoms with van der Waals surface area (Å²) < 4.78 is 12.6. The molecule has 0 bridgehead atoms. The molecule has 3 aromatic rings. The maximum Gasteiger partial charge on any atom is 0.231 e. The number of aliphatic hydroxyl groups is 1. The zero-order chi connectivity index (χ0) is 14.2. The number of aromatic nitrogens is 4. The number of hydrogen-bond acceptors (Lipinski definition) is 6. The van der Waals surface area contributed by atoms with Crippen LogP contribution in [0.1, 0.15) is 11.4 Å². The van der Waals surface area contributed by atoms with E-state index < -0.39 is 0 Å². The summed E-state index contributed by atoms with van der Waals surface area (Å²) in [6.07, 6.45) is 4.96. The number of nitrogens with zero attached hydrogens (tertiary/aromatic N) is 4. The lowest BCUT2D eigenvalue weighted by Crippen LogP contribution is -2.04. The number of fused-ring (bicyclic) bond motifs is 2. The number of aliphatic hydroxyl groups excluding tert-OH is 1. The highest BCUT2D eigenvalue weighted by Crippen LogP contribution is 2.37. The van der Waals surface area contributed by atoms with E-state index in [4.69, 9.17) is 9.47 Å². The van der Waals surface area contributed by atoms with E-state index in [1.54, 1.807) is 23.3 Å². The fraction of sp³-hybridized carbons (Fsp3) is 0.214. The van der Waals surface area contributed by atoms with Crippen LogP contribution in [0.25, 0.3) is 10.9 Å². The van der Waals surface area contributed by atoms with Crippen molar-refractivity contribution in [2.45, 2.75) is 13.2 Å².